The molecular formula is C26H30N6O4. The van der Waals surface area contributed by atoms with Gasteiger partial charge in [-0.2, -0.15) is 4.98 Å². The van der Waals surface area contributed by atoms with E-state index in [-0.39, 0.29) is 12.5 Å². The van der Waals surface area contributed by atoms with E-state index < -0.39 is 12.2 Å². The summed E-state index contributed by atoms with van der Waals surface area (Å²) < 4.78 is 6.27. The summed E-state index contributed by atoms with van der Waals surface area (Å²) in [6.07, 6.45) is 0.00299. The quantitative estimate of drug-likeness (QED) is 0.491. The minimum absolute atomic E-state index is 0.149. The molecule has 1 atom stereocenters. The third-order valence-corrected chi connectivity index (χ3v) is 5.94. The molecule has 10 heteroatoms. The number of nitrogens with zero attached hydrogens (tertiary/aromatic N) is 5. The molecule has 4 rings (SSSR count). The van der Waals surface area contributed by atoms with Gasteiger partial charge in [-0.3, -0.25) is 4.79 Å². The smallest absolute Gasteiger partial charge is 0.407 e. The van der Waals surface area contributed by atoms with Gasteiger partial charge in [-0.25, -0.2) is 9.78 Å². The molecule has 2 aromatic carbocycles. The summed E-state index contributed by atoms with van der Waals surface area (Å²) in [7, 11) is 3.41. The molecule has 1 unspecified atom stereocenters. The Balaban J connectivity index is 1.61. The van der Waals surface area contributed by atoms with Crippen molar-refractivity contribution in [3.05, 3.63) is 71.9 Å². The number of anilines is 3. The second kappa shape index (κ2) is 10.9. The van der Waals surface area contributed by atoms with Gasteiger partial charge >= 0.3 is 6.09 Å². The number of rotatable bonds is 8. The highest BCUT2D eigenvalue weighted by Gasteiger charge is 2.28. The first kappa shape index (κ1) is 24.8. The van der Waals surface area contributed by atoms with Gasteiger partial charge in [-0.05, 0) is 24.6 Å². The van der Waals surface area contributed by atoms with Crippen LogP contribution in [0.5, 0.6) is 5.75 Å². The number of amides is 2. The fourth-order valence-corrected chi connectivity index (χ4v) is 4.00. The second-order valence-electron chi connectivity index (χ2n) is 8.52. The lowest BCUT2D eigenvalue weighted by Gasteiger charge is -2.25. The predicted molar refractivity (Wildman–Crippen MR) is 138 cm³/mol. The van der Waals surface area contributed by atoms with Crippen molar-refractivity contribution >= 4 is 29.5 Å². The number of carbonyl (C=O) groups is 2. The summed E-state index contributed by atoms with van der Waals surface area (Å²) in [6.45, 7) is 3.83. The minimum Gasteiger partial charge on any atom is -0.484 e. The first-order valence-electron chi connectivity index (χ1n) is 11.8. The molecule has 2 heterocycles. The highest BCUT2D eigenvalue weighted by Crippen LogP contribution is 2.30. The van der Waals surface area contributed by atoms with Crippen LogP contribution in [0.1, 0.15) is 28.9 Å². The fourth-order valence-electron chi connectivity index (χ4n) is 4.00. The average Bonchev–Trinajstić information content (AvgIpc) is 3.00. The number of aromatic nitrogens is 2. The summed E-state index contributed by atoms with van der Waals surface area (Å²) in [5, 5.41) is 12.5. The summed E-state index contributed by atoms with van der Waals surface area (Å²) in [4.78, 5) is 38.6. The summed E-state index contributed by atoms with van der Waals surface area (Å²) in [5.74, 6) is 1.41. The Labute approximate surface area is 210 Å². The van der Waals surface area contributed by atoms with E-state index in [0.717, 1.165) is 5.56 Å². The van der Waals surface area contributed by atoms with Crippen molar-refractivity contribution in [1.82, 2.24) is 14.9 Å². The highest BCUT2D eigenvalue weighted by atomic mass is 16.5. The molecule has 0 saturated carbocycles. The second-order valence-corrected chi connectivity index (χ2v) is 8.52. The van der Waals surface area contributed by atoms with Gasteiger partial charge in [-0.1, -0.05) is 36.4 Å². The molecule has 10 nitrogen and oxygen atoms in total. The van der Waals surface area contributed by atoms with Crippen LogP contribution >= 0.6 is 0 Å². The van der Waals surface area contributed by atoms with Gasteiger partial charge in [0.15, 0.2) is 0 Å². The monoisotopic (exact) mass is 490 g/mol. The van der Waals surface area contributed by atoms with Crippen LogP contribution in [0, 0.1) is 0 Å². The molecule has 0 spiro atoms. The Hall–Kier alpha value is -4.34. The maximum absolute atomic E-state index is 13.5. The molecule has 0 aliphatic carbocycles. The number of likely N-dealkylation sites (N-methyl/N-ethyl adjacent to an activating group) is 2. The van der Waals surface area contributed by atoms with Crippen molar-refractivity contribution in [2.45, 2.75) is 13.0 Å². The topological polar surface area (TPSA) is 111 Å². The van der Waals surface area contributed by atoms with Crippen LogP contribution < -0.4 is 19.9 Å². The van der Waals surface area contributed by atoms with Gasteiger partial charge < -0.3 is 29.9 Å². The van der Waals surface area contributed by atoms with Gasteiger partial charge in [0.25, 0.3) is 5.91 Å². The normalized spacial score (nSPS) is 14.0. The number of hydrogen-bond donors (Lipinski definition) is 2. The SMILES string of the molecule is CCNc1ncc2c(n1)N(C)CCN(c1cccc(OC(CN(C)C(=O)O)c3ccccc3)c1)C2=O. The summed E-state index contributed by atoms with van der Waals surface area (Å²) >= 11 is 0. The molecule has 188 valence electrons. The standard InChI is InChI=1S/C26H30N6O4/c1-4-27-25-28-16-21-23(29-25)30(2)13-14-32(24(21)33)19-11-8-12-20(15-19)36-22(17-31(3)26(34)35)18-9-6-5-7-10-18/h5-12,15-16,22H,4,13-14,17H2,1-3H3,(H,34,35)(H,27,28,29). The van der Waals surface area contributed by atoms with Crippen LogP contribution in [0.2, 0.25) is 0 Å². The lowest BCUT2D eigenvalue weighted by atomic mass is 10.1. The van der Waals surface area contributed by atoms with E-state index in [1.165, 1.54) is 11.9 Å². The molecule has 0 bridgehead atoms. The van der Waals surface area contributed by atoms with E-state index in [2.05, 4.69) is 15.3 Å². The molecule has 1 aromatic heterocycles. The van der Waals surface area contributed by atoms with E-state index in [0.29, 0.717) is 48.4 Å². The van der Waals surface area contributed by atoms with Crippen molar-refractivity contribution in [2.75, 3.05) is 55.4 Å². The number of hydrogen-bond acceptors (Lipinski definition) is 7. The zero-order chi connectivity index (χ0) is 25.7. The maximum atomic E-state index is 13.5. The number of fused-ring (bicyclic) bond motifs is 1. The molecule has 36 heavy (non-hydrogen) atoms. The zero-order valence-corrected chi connectivity index (χ0v) is 20.6. The molecule has 3 aromatic rings. The largest absolute Gasteiger partial charge is 0.484 e. The van der Waals surface area contributed by atoms with Crippen molar-refractivity contribution in [3.63, 3.8) is 0 Å². The van der Waals surface area contributed by atoms with Crippen LogP contribution in [0.25, 0.3) is 0 Å². The Kier molecular flexibility index (Phi) is 7.53. The first-order chi connectivity index (χ1) is 17.4. The van der Waals surface area contributed by atoms with Crippen molar-refractivity contribution in [1.29, 1.82) is 0 Å². The first-order valence-corrected chi connectivity index (χ1v) is 11.8. The Morgan fingerprint density at radius 1 is 1.19 bits per heavy atom. The minimum atomic E-state index is -1.04. The van der Waals surface area contributed by atoms with E-state index in [9.17, 15) is 14.7 Å². The van der Waals surface area contributed by atoms with Gasteiger partial charge in [0.2, 0.25) is 5.95 Å². The third kappa shape index (κ3) is 5.48. The Morgan fingerprint density at radius 2 is 1.97 bits per heavy atom. The van der Waals surface area contributed by atoms with Gasteiger partial charge in [0.05, 0.1) is 6.54 Å². The van der Waals surface area contributed by atoms with Crippen molar-refractivity contribution in [2.24, 2.45) is 0 Å². The van der Waals surface area contributed by atoms with Crippen LogP contribution in [0.4, 0.5) is 22.2 Å². The molecule has 0 saturated heterocycles. The summed E-state index contributed by atoms with van der Waals surface area (Å²) in [6, 6.07) is 16.7. The lowest BCUT2D eigenvalue weighted by molar-refractivity contribution is 0.0989. The van der Waals surface area contributed by atoms with Gasteiger partial charge in [0, 0.05) is 51.7 Å². The van der Waals surface area contributed by atoms with Crippen LogP contribution in [-0.4, -0.2) is 72.2 Å². The molecule has 2 N–H and O–H groups in total. The van der Waals surface area contributed by atoms with Crippen LogP contribution in [0.3, 0.4) is 0 Å². The Bertz CT molecular complexity index is 1220. The summed E-state index contributed by atoms with van der Waals surface area (Å²) in [5.41, 5.74) is 1.95. The number of ether oxygens (including phenoxy) is 1. The van der Waals surface area contributed by atoms with E-state index in [4.69, 9.17) is 4.74 Å². The number of carboxylic acid groups (broad SMARTS) is 1. The predicted octanol–water partition coefficient (Wildman–Crippen LogP) is 3.73. The van der Waals surface area contributed by atoms with Gasteiger partial charge in [-0.15, -0.1) is 0 Å². The molecular weight excluding hydrogens is 460 g/mol. The number of benzene rings is 2. The van der Waals surface area contributed by atoms with Crippen LogP contribution in [-0.2, 0) is 0 Å². The molecule has 1 aliphatic heterocycles. The van der Waals surface area contributed by atoms with Crippen molar-refractivity contribution in [3.8, 4) is 5.75 Å². The molecule has 2 amide bonds. The maximum Gasteiger partial charge on any atom is 0.407 e. The fraction of sp³-hybridized carbons (Fsp3) is 0.308. The average molecular weight is 491 g/mol. The lowest BCUT2D eigenvalue weighted by Crippen LogP contribution is -2.34. The molecule has 1 aliphatic rings. The van der Waals surface area contributed by atoms with Crippen LogP contribution in [0.15, 0.2) is 60.8 Å². The van der Waals surface area contributed by atoms with E-state index in [1.807, 2.05) is 61.3 Å². The van der Waals surface area contributed by atoms with Gasteiger partial charge in [0.1, 0.15) is 23.2 Å². The molecule has 0 fully saturated rings. The van der Waals surface area contributed by atoms with E-state index >= 15 is 0 Å². The number of carbonyl (C=O) groups excluding carboxylic acids is 1. The third-order valence-electron chi connectivity index (χ3n) is 5.94. The number of nitrogens with one attached hydrogen (secondary N) is 1. The van der Waals surface area contributed by atoms with E-state index in [1.54, 1.807) is 23.2 Å². The van der Waals surface area contributed by atoms with Crippen molar-refractivity contribution < 1.29 is 19.4 Å². The Morgan fingerprint density at radius 3 is 2.69 bits per heavy atom. The zero-order valence-electron chi connectivity index (χ0n) is 20.6. The molecule has 0 radical (unpaired) electrons. The highest BCUT2D eigenvalue weighted by molar-refractivity contribution is 6.09.